The molecule has 1 saturated heterocycles. The van der Waals surface area contributed by atoms with Crippen LogP contribution in [-0.4, -0.2) is 31.4 Å². The lowest BCUT2D eigenvalue weighted by atomic mass is 9.95. The number of pyridine rings is 2. The van der Waals surface area contributed by atoms with Crippen molar-refractivity contribution in [2.24, 2.45) is 0 Å². The summed E-state index contributed by atoms with van der Waals surface area (Å²) in [5, 5.41) is 3.32. The zero-order valence-corrected chi connectivity index (χ0v) is 17.7. The van der Waals surface area contributed by atoms with Crippen molar-refractivity contribution < 1.29 is 0 Å². The maximum absolute atomic E-state index is 4.68. The van der Waals surface area contributed by atoms with E-state index in [0.29, 0.717) is 6.04 Å². The van der Waals surface area contributed by atoms with E-state index in [1.54, 1.807) is 18.6 Å². The monoisotopic (exact) mass is 410 g/mol. The molecular weight excluding hydrogens is 384 g/mol. The summed E-state index contributed by atoms with van der Waals surface area (Å²) in [6.07, 6.45) is 10.9. The minimum Gasteiger partial charge on any atom is -0.325 e. The van der Waals surface area contributed by atoms with Gasteiger partial charge in [-0.3, -0.25) is 14.9 Å². The maximum Gasteiger partial charge on any atom is 0.134 e. The first-order valence-corrected chi connectivity index (χ1v) is 10.8. The van der Waals surface area contributed by atoms with Crippen molar-refractivity contribution in [3.05, 3.63) is 83.9 Å². The number of aromatic nitrogens is 4. The molecule has 0 amide bonds. The van der Waals surface area contributed by atoms with Crippen molar-refractivity contribution in [2.45, 2.75) is 38.8 Å². The second-order valence-electron chi connectivity index (χ2n) is 8.13. The van der Waals surface area contributed by atoms with Gasteiger partial charge in [0.1, 0.15) is 11.6 Å². The minimum atomic E-state index is 0.379. The Balaban J connectivity index is 1.33. The Morgan fingerprint density at radius 2 is 1.84 bits per heavy atom. The number of anilines is 2. The number of nitrogens with one attached hydrogen (secondary N) is 1. The van der Waals surface area contributed by atoms with Crippen LogP contribution in [0.1, 0.15) is 42.0 Å². The van der Waals surface area contributed by atoms with Crippen molar-refractivity contribution >= 4 is 22.7 Å². The van der Waals surface area contributed by atoms with E-state index in [9.17, 15) is 0 Å². The Labute approximate surface area is 182 Å². The summed E-state index contributed by atoms with van der Waals surface area (Å²) in [4.78, 5) is 20.5. The lowest BCUT2D eigenvalue weighted by Gasteiger charge is -2.36. The summed E-state index contributed by atoms with van der Waals surface area (Å²) in [7, 11) is 0. The topological polar surface area (TPSA) is 66.8 Å². The smallest absolute Gasteiger partial charge is 0.134 e. The zero-order valence-electron chi connectivity index (χ0n) is 17.7. The van der Waals surface area contributed by atoms with E-state index in [1.165, 1.54) is 24.0 Å². The van der Waals surface area contributed by atoms with Gasteiger partial charge in [0.25, 0.3) is 0 Å². The quantitative estimate of drug-likeness (QED) is 0.488. The van der Waals surface area contributed by atoms with E-state index in [-0.39, 0.29) is 0 Å². The molecule has 1 aliphatic rings. The normalized spacial score (nSPS) is 17.0. The van der Waals surface area contributed by atoms with Gasteiger partial charge in [0.15, 0.2) is 0 Å². The summed E-state index contributed by atoms with van der Waals surface area (Å²) in [5.41, 5.74) is 5.54. The summed E-state index contributed by atoms with van der Waals surface area (Å²) < 4.78 is 0. The van der Waals surface area contributed by atoms with Crippen molar-refractivity contribution in [3.8, 4) is 0 Å². The summed E-state index contributed by atoms with van der Waals surface area (Å²) in [6, 6.07) is 15.0. The standard InChI is InChI=1S/C25H26N6/c1-18-5-4-11-28-25(18)30-24-10-8-20(16-29-24)23-6-2-3-14-31(23)17-19-7-9-21-22(15-19)27-13-12-26-21/h4-5,7-13,15-16,23H,2-3,6,14,17H2,1H3,(H,28,29,30)/t23-/m1/s1. The van der Waals surface area contributed by atoms with Crippen molar-refractivity contribution in [2.75, 3.05) is 11.9 Å². The van der Waals surface area contributed by atoms with Gasteiger partial charge in [0.2, 0.25) is 0 Å². The van der Waals surface area contributed by atoms with E-state index in [2.05, 4.69) is 60.5 Å². The van der Waals surface area contributed by atoms with Crippen LogP contribution in [0, 0.1) is 6.92 Å². The number of likely N-dealkylation sites (tertiary alicyclic amines) is 1. The minimum absolute atomic E-state index is 0.379. The van der Waals surface area contributed by atoms with Crippen LogP contribution < -0.4 is 5.32 Å². The van der Waals surface area contributed by atoms with Gasteiger partial charge in [-0.15, -0.1) is 0 Å². The Hall–Kier alpha value is -3.38. The third-order valence-corrected chi connectivity index (χ3v) is 5.96. The van der Waals surface area contributed by atoms with Gasteiger partial charge in [-0.2, -0.15) is 0 Å². The second kappa shape index (κ2) is 8.78. The SMILES string of the molecule is Cc1cccnc1Nc1ccc([C@H]2CCCCN2Cc2ccc3nccnc3c2)cn1. The van der Waals surface area contributed by atoms with E-state index in [1.807, 2.05) is 25.3 Å². The number of hydrogen-bond donors (Lipinski definition) is 1. The Morgan fingerprint density at radius 1 is 0.935 bits per heavy atom. The highest BCUT2D eigenvalue weighted by Gasteiger charge is 2.24. The molecule has 1 N–H and O–H groups in total. The summed E-state index contributed by atoms with van der Waals surface area (Å²) >= 11 is 0. The first-order chi connectivity index (χ1) is 15.3. The van der Waals surface area contributed by atoms with Gasteiger partial charge < -0.3 is 5.32 Å². The average molecular weight is 411 g/mol. The molecule has 0 bridgehead atoms. The molecule has 0 unspecified atom stereocenters. The fraction of sp³-hybridized carbons (Fsp3) is 0.280. The number of fused-ring (bicyclic) bond motifs is 1. The van der Waals surface area contributed by atoms with Crippen LogP contribution in [-0.2, 0) is 6.54 Å². The van der Waals surface area contributed by atoms with Gasteiger partial charge in [0.05, 0.1) is 11.0 Å². The molecule has 0 spiro atoms. The van der Waals surface area contributed by atoms with Gasteiger partial charge >= 0.3 is 0 Å². The van der Waals surface area contributed by atoms with Crippen LogP contribution in [0.3, 0.4) is 0 Å². The number of rotatable bonds is 5. The first kappa shape index (κ1) is 19.6. The molecule has 1 aliphatic heterocycles. The average Bonchev–Trinajstić information content (AvgIpc) is 2.81. The third-order valence-electron chi connectivity index (χ3n) is 5.96. The number of nitrogens with zero attached hydrogens (tertiary/aromatic N) is 5. The highest BCUT2D eigenvalue weighted by molar-refractivity contribution is 5.74. The number of hydrogen-bond acceptors (Lipinski definition) is 6. The van der Waals surface area contributed by atoms with Crippen LogP contribution in [0.25, 0.3) is 11.0 Å². The largest absolute Gasteiger partial charge is 0.325 e. The molecule has 6 nitrogen and oxygen atoms in total. The molecule has 4 heterocycles. The lowest BCUT2D eigenvalue weighted by Crippen LogP contribution is -2.33. The molecule has 0 saturated carbocycles. The van der Waals surface area contributed by atoms with Crippen LogP contribution >= 0.6 is 0 Å². The summed E-state index contributed by atoms with van der Waals surface area (Å²) in [6.45, 7) is 4.04. The molecule has 5 rings (SSSR count). The van der Waals surface area contributed by atoms with Crippen LogP contribution in [0.4, 0.5) is 11.6 Å². The van der Waals surface area contributed by atoms with Gasteiger partial charge in [-0.25, -0.2) is 9.97 Å². The molecule has 1 atom stereocenters. The molecule has 0 aliphatic carbocycles. The molecule has 6 heteroatoms. The summed E-state index contributed by atoms with van der Waals surface area (Å²) in [5.74, 6) is 1.67. The highest BCUT2D eigenvalue weighted by atomic mass is 15.2. The second-order valence-corrected chi connectivity index (χ2v) is 8.13. The Morgan fingerprint density at radius 3 is 2.68 bits per heavy atom. The van der Waals surface area contributed by atoms with Crippen molar-refractivity contribution in [3.63, 3.8) is 0 Å². The molecule has 156 valence electrons. The van der Waals surface area contributed by atoms with Crippen molar-refractivity contribution in [1.29, 1.82) is 0 Å². The molecule has 3 aromatic heterocycles. The van der Waals surface area contributed by atoms with Gasteiger partial charge in [-0.05, 0) is 67.3 Å². The van der Waals surface area contributed by atoms with Crippen LogP contribution in [0.5, 0.6) is 0 Å². The van der Waals surface area contributed by atoms with Gasteiger partial charge in [-0.1, -0.05) is 24.6 Å². The first-order valence-electron chi connectivity index (χ1n) is 10.8. The molecule has 0 radical (unpaired) electrons. The molecule has 31 heavy (non-hydrogen) atoms. The Kier molecular flexibility index (Phi) is 5.54. The predicted molar refractivity (Wildman–Crippen MR) is 123 cm³/mol. The van der Waals surface area contributed by atoms with Crippen molar-refractivity contribution in [1.82, 2.24) is 24.8 Å². The number of benzene rings is 1. The fourth-order valence-electron chi connectivity index (χ4n) is 4.31. The van der Waals surface area contributed by atoms with Gasteiger partial charge in [0, 0.05) is 37.4 Å². The maximum atomic E-state index is 4.68. The van der Waals surface area contributed by atoms with E-state index < -0.39 is 0 Å². The molecule has 4 aromatic rings. The highest BCUT2D eigenvalue weighted by Crippen LogP contribution is 2.32. The Bertz CT molecular complexity index is 1170. The van der Waals surface area contributed by atoms with E-state index in [0.717, 1.165) is 47.7 Å². The molecular formula is C25H26N6. The number of piperidine rings is 1. The third kappa shape index (κ3) is 4.39. The van der Waals surface area contributed by atoms with Crippen LogP contribution in [0.15, 0.2) is 67.3 Å². The lowest BCUT2D eigenvalue weighted by molar-refractivity contribution is 0.140. The number of aryl methyl sites for hydroxylation is 1. The fourth-order valence-corrected chi connectivity index (χ4v) is 4.31. The molecule has 1 aromatic carbocycles. The van der Waals surface area contributed by atoms with E-state index in [4.69, 9.17) is 0 Å². The predicted octanol–water partition coefficient (Wildman–Crippen LogP) is 5.20. The van der Waals surface area contributed by atoms with Crippen LogP contribution in [0.2, 0.25) is 0 Å². The molecule has 1 fully saturated rings. The zero-order chi connectivity index (χ0) is 21.0. The van der Waals surface area contributed by atoms with E-state index >= 15 is 0 Å².